The molecule has 1 heterocycles. The maximum atomic E-state index is 6.99. The number of rotatable bonds is 7. The maximum absolute atomic E-state index is 6.99. The highest BCUT2D eigenvalue weighted by molar-refractivity contribution is 6.33. The summed E-state index contributed by atoms with van der Waals surface area (Å²) in [6.45, 7) is 11.2. The summed E-state index contributed by atoms with van der Waals surface area (Å²) in [6.07, 6.45) is 13.0. The molecule has 1 nitrogen and oxygen atoms in total. The SMILES string of the molecule is C=C(/C=C/C1=C(Cl)C(=C/C=c2\c3cccc4cccc(c43)n2C(C)CCC)/CC1)c1cccc2cccc(C)c12. The zero-order valence-electron chi connectivity index (χ0n) is 23.7. The first-order valence-electron chi connectivity index (χ1n) is 14.4. The van der Waals surface area contributed by atoms with Crippen molar-refractivity contribution in [3.8, 4) is 0 Å². The number of benzene rings is 4. The highest BCUT2D eigenvalue weighted by Gasteiger charge is 2.18. The van der Waals surface area contributed by atoms with Crippen LogP contribution in [0.4, 0.5) is 0 Å². The maximum Gasteiger partial charge on any atom is 0.0499 e. The van der Waals surface area contributed by atoms with Crippen LogP contribution in [0, 0.1) is 6.92 Å². The van der Waals surface area contributed by atoms with Gasteiger partial charge in [0.15, 0.2) is 0 Å². The molecule has 6 rings (SSSR count). The summed E-state index contributed by atoms with van der Waals surface area (Å²) in [7, 11) is 0. The van der Waals surface area contributed by atoms with E-state index in [0.717, 1.165) is 36.3 Å². The van der Waals surface area contributed by atoms with Gasteiger partial charge in [0, 0.05) is 32.7 Å². The number of aryl methyl sites for hydroxylation is 1. The monoisotopic (exact) mass is 541 g/mol. The van der Waals surface area contributed by atoms with Gasteiger partial charge in [-0.15, -0.1) is 0 Å². The normalized spacial score (nSPS) is 16.5. The van der Waals surface area contributed by atoms with Gasteiger partial charge in [0.25, 0.3) is 0 Å². The molecule has 0 spiro atoms. The number of nitrogens with zero attached hydrogens (tertiary/aromatic N) is 1. The topological polar surface area (TPSA) is 4.93 Å². The van der Waals surface area contributed by atoms with Crippen molar-refractivity contribution in [3.05, 3.63) is 130 Å². The Kier molecular flexibility index (Phi) is 7.26. The number of fused-ring (bicyclic) bond motifs is 1. The number of hydrogen-bond donors (Lipinski definition) is 0. The van der Waals surface area contributed by atoms with Crippen LogP contribution in [0.3, 0.4) is 0 Å². The van der Waals surface area contributed by atoms with E-state index < -0.39 is 0 Å². The first-order chi connectivity index (χ1) is 19.5. The molecule has 1 aliphatic rings. The van der Waals surface area contributed by atoms with E-state index in [9.17, 15) is 0 Å². The quantitative estimate of drug-likeness (QED) is 0.180. The summed E-state index contributed by atoms with van der Waals surface area (Å²) in [5, 5.41) is 8.63. The molecule has 1 unspecified atom stereocenters. The molecule has 0 amide bonds. The molecular weight excluding hydrogens is 506 g/mol. The molecule has 0 bridgehead atoms. The number of aromatic nitrogens is 1. The Morgan fingerprint density at radius 3 is 2.40 bits per heavy atom. The van der Waals surface area contributed by atoms with Crippen molar-refractivity contribution in [2.75, 3.05) is 0 Å². The summed E-state index contributed by atoms with van der Waals surface area (Å²) in [4.78, 5) is 0. The van der Waals surface area contributed by atoms with Gasteiger partial charge in [-0.2, -0.15) is 0 Å². The van der Waals surface area contributed by atoms with Gasteiger partial charge in [-0.05, 0) is 89.3 Å². The Bertz CT molecular complexity index is 1900. The molecule has 5 aromatic rings. The smallest absolute Gasteiger partial charge is 0.0499 e. The van der Waals surface area contributed by atoms with Crippen molar-refractivity contribution < 1.29 is 0 Å². The third-order valence-corrected chi connectivity index (χ3v) is 8.93. The van der Waals surface area contributed by atoms with Crippen LogP contribution in [0.2, 0.25) is 0 Å². The molecule has 40 heavy (non-hydrogen) atoms. The average Bonchev–Trinajstić information content (AvgIpc) is 3.48. The molecule has 2 heteroatoms. The van der Waals surface area contributed by atoms with Gasteiger partial charge in [0.2, 0.25) is 0 Å². The van der Waals surface area contributed by atoms with Gasteiger partial charge in [-0.3, -0.25) is 0 Å². The van der Waals surface area contributed by atoms with Crippen molar-refractivity contribution in [1.82, 2.24) is 4.57 Å². The zero-order chi connectivity index (χ0) is 27.8. The molecule has 0 aliphatic heterocycles. The van der Waals surface area contributed by atoms with E-state index in [2.05, 4.69) is 129 Å². The fourth-order valence-corrected chi connectivity index (χ4v) is 6.78. The van der Waals surface area contributed by atoms with E-state index in [1.807, 2.05) is 0 Å². The first kappa shape index (κ1) is 26.4. The molecule has 0 radical (unpaired) electrons. The second-order valence-electron chi connectivity index (χ2n) is 11.1. The van der Waals surface area contributed by atoms with Gasteiger partial charge < -0.3 is 4.57 Å². The summed E-state index contributed by atoms with van der Waals surface area (Å²) in [6, 6.07) is 26.6. The van der Waals surface area contributed by atoms with Gasteiger partial charge in [-0.25, -0.2) is 0 Å². The predicted octanol–water partition coefficient (Wildman–Crippen LogP) is 10.6. The highest BCUT2D eigenvalue weighted by atomic mass is 35.5. The molecule has 0 saturated heterocycles. The van der Waals surface area contributed by atoms with Crippen LogP contribution >= 0.6 is 11.6 Å². The largest absolute Gasteiger partial charge is 0.338 e. The van der Waals surface area contributed by atoms with Crippen molar-refractivity contribution in [2.45, 2.75) is 52.5 Å². The molecule has 1 aliphatic carbocycles. The van der Waals surface area contributed by atoms with Crippen molar-refractivity contribution in [3.63, 3.8) is 0 Å². The Morgan fingerprint density at radius 2 is 1.62 bits per heavy atom. The van der Waals surface area contributed by atoms with E-state index >= 15 is 0 Å². The van der Waals surface area contributed by atoms with E-state index in [4.69, 9.17) is 11.6 Å². The Hall–Kier alpha value is -3.81. The molecule has 1 atom stereocenters. The van der Waals surface area contributed by atoms with Crippen LogP contribution in [-0.2, 0) is 0 Å². The first-order valence-corrected chi connectivity index (χ1v) is 14.8. The standard InChI is InChI=1S/C38H36ClN/c1-5-10-27(4)40-34(33-17-8-14-29-15-9-18-35(40)37(29)33)24-23-31-22-21-30(38(31)39)20-19-25(2)32-16-7-13-28-12-6-11-26(3)36(28)32/h6-9,11-20,23-24,27H,2,5,10,21-22H2,1,3-4H3/b20-19+,31-23+,34-24+. The third kappa shape index (κ3) is 4.63. The minimum Gasteiger partial charge on any atom is -0.338 e. The predicted molar refractivity (Wildman–Crippen MR) is 176 cm³/mol. The highest BCUT2D eigenvalue weighted by Crippen LogP contribution is 2.36. The Labute approximate surface area is 242 Å². The summed E-state index contributed by atoms with van der Waals surface area (Å²) in [5.74, 6) is 0. The third-order valence-electron chi connectivity index (χ3n) is 8.44. The average molecular weight is 542 g/mol. The minimum atomic E-state index is 0.421. The lowest BCUT2D eigenvalue weighted by Crippen LogP contribution is -2.20. The van der Waals surface area contributed by atoms with Crippen LogP contribution < -0.4 is 5.35 Å². The fraction of sp³-hybridized carbons (Fsp3) is 0.211. The molecule has 4 aromatic carbocycles. The van der Waals surface area contributed by atoms with Crippen LogP contribution in [0.5, 0.6) is 0 Å². The summed E-state index contributed by atoms with van der Waals surface area (Å²) >= 11 is 6.99. The van der Waals surface area contributed by atoms with Crippen LogP contribution in [0.25, 0.3) is 44.1 Å². The fourth-order valence-electron chi connectivity index (χ4n) is 6.46. The summed E-state index contributed by atoms with van der Waals surface area (Å²) in [5.41, 5.74) is 7.15. The molecule has 0 saturated carbocycles. The van der Waals surface area contributed by atoms with Crippen LogP contribution in [0.15, 0.2) is 114 Å². The van der Waals surface area contributed by atoms with Crippen LogP contribution in [-0.4, -0.2) is 4.57 Å². The van der Waals surface area contributed by atoms with Gasteiger partial charge in [0.1, 0.15) is 0 Å². The molecular formula is C38H36ClN. The number of halogens is 1. The number of allylic oxidation sites excluding steroid dienone is 7. The molecule has 1 aromatic heterocycles. The van der Waals surface area contributed by atoms with E-state index in [-0.39, 0.29) is 0 Å². The van der Waals surface area contributed by atoms with E-state index in [1.165, 1.54) is 60.1 Å². The second-order valence-corrected chi connectivity index (χ2v) is 11.5. The van der Waals surface area contributed by atoms with Crippen molar-refractivity contribution in [1.29, 1.82) is 0 Å². The van der Waals surface area contributed by atoms with Gasteiger partial charge in [0.05, 0.1) is 0 Å². The Morgan fingerprint density at radius 1 is 0.925 bits per heavy atom. The summed E-state index contributed by atoms with van der Waals surface area (Å²) < 4.78 is 2.53. The van der Waals surface area contributed by atoms with E-state index in [1.54, 1.807) is 0 Å². The van der Waals surface area contributed by atoms with E-state index in [0.29, 0.717) is 6.04 Å². The number of hydrogen-bond acceptors (Lipinski definition) is 0. The van der Waals surface area contributed by atoms with Gasteiger partial charge >= 0.3 is 0 Å². The van der Waals surface area contributed by atoms with Crippen molar-refractivity contribution >= 4 is 55.7 Å². The molecule has 0 fully saturated rings. The molecule has 0 N–H and O–H groups in total. The van der Waals surface area contributed by atoms with Gasteiger partial charge in [-0.1, -0.05) is 116 Å². The zero-order valence-corrected chi connectivity index (χ0v) is 24.4. The second kappa shape index (κ2) is 11.0. The van der Waals surface area contributed by atoms with Crippen molar-refractivity contribution in [2.24, 2.45) is 0 Å². The Balaban J connectivity index is 1.37. The minimum absolute atomic E-state index is 0.421. The lowest BCUT2D eigenvalue weighted by Gasteiger charge is -2.15. The van der Waals surface area contributed by atoms with Crippen LogP contribution in [0.1, 0.15) is 56.7 Å². The lowest BCUT2D eigenvalue weighted by molar-refractivity contribution is 0.507. The lowest BCUT2D eigenvalue weighted by atomic mass is 9.95. The molecule has 200 valence electrons.